The van der Waals surface area contributed by atoms with E-state index >= 15 is 0 Å². The summed E-state index contributed by atoms with van der Waals surface area (Å²) in [6.45, 7) is 10.7. The van der Waals surface area contributed by atoms with Crippen LogP contribution < -0.4 is 10.6 Å². The molecule has 0 bridgehead atoms. The van der Waals surface area contributed by atoms with Crippen LogP contribution in [0.2, 0.25) is 0 Å². The van der Waals surface area contributed by atoms with Gasteiger partial charge in [0.05, 0.1) is 6.61 Å². The lowest BCUT2D eigenvalue weighted by atomic mass is 9.93. The largest absolute Gasteiger partial charge is 0.444 e. The summed E-state index contributed by atoms with van der Waals surface area (Å²) in [5, 5.41) is 15.6. The Morgan fingerprint density at radius 1 is 1.05 bits per heavy atom. The van der Waals surface area contributed by atoms with E-state index in [1.807, 2.05) is 69.3 Å². The summed E-state index contributed by atoms with van der Waals surface area (Å²) in [7, 11) is 0. The van der Waals surface area contributed by atoms with Gasteiger partial charge in [-0.3, -0.25) is 9.59 Å². The maximum atomic E-state index is 13.9. The number of carbonyl (C=O) groups is 3. The van der Waals surface area contributed by atoms with Crippen LogP contribution in [0.25, 0.3) is 0 Å². The van der Waals surface area contributed by atoms with E-state index in [0.29, 0.717) is 6.54 Å². The second-order valence-electron chi connectivity index (χ2n) is 10.8. The highest BCUT2D eigenvalue weighted by molar-refractivity contribution is 5.93. The number of aliphatic hydroxyl groups is 1. The second-order valence-corrected chi connectivity index (χ2v) is 10.8. The fourth-order valence-corrected chi connectivity index (χ4v) is 4.52. The number of nitrogens with one attached hydrogen (secondary N) is 2. The Hall–Kier alpha value is -3.39. The smallest absolute Gasteiger partial charge is 0.408 e. The zero-order chi connectivity index (χ0) is 27.3. The molecule has 0 saturated heterocycles. The fourth-order valence-electron chi connectivity index (χ4n) is 4.52. The minimum absolute atomic E-state index is 0.179. The molecule has 1 fully saturated rings. The molecular weight excluding hydrogens is 470 g/mol. The van der Waals surface area contributed by atoms with Gasteiger partial charge in [-0.25, -0.2) is 4.79 Å². The van der Waals surface area contributed by atoms with E-state index in [2.05, 4.69) is 10.6 Å². The summed E-state index contributed by atoms with van der Waals surface area (Å²) in [4.78, 5) is 41.8. The van der Waals surface area contributed by atoms with Gasteiger partial charge in [0.25, 0.3) is 0 Å². The number of aliphatic hydroxyl groups excluding tert-OH is 1. The molecule has 3 N–H and O–H groups in total. The standard InChI is InChI=1S/C29H39N3O5/c1-18-11-10-12-19(2)24(18)25(26(34)30-16-21-13-8-7-9-14-21)32(23-15-20(23)3)27(35)22(17-33)31-28(36)37-29(4,5)6/h7-14,20,22-23,25,33H,15-17H2,1-6H3,(H,30,34)(H,31,36). The Morgan fingerprint density at radius 2 is 1.65 bits per heavy atom. The van der Waals surface area contributed by atoms with Crippen molar-refractivity contribution in [1.82, 2.24) is 15.5 Å². The first kappa shape index (κ1) is 28.2. The van der Waals surface area contributed by atoms with Crippen molar-refractivity contribution in [2.45, 2.75) is 78.2 Å². The van der Waals surface area contributed by atoms with Crippen molar-refractivity contribution in [3.63, 3.8) is 0 Å². The lowest BCUT2D eigenvalue weighted by Gasteiger charge is -2.36. The molecule has 4 atom stereocenters. The number of aryl methyl sites for hydroxylation is 2. The number of benzene rings is 2. The van der Waals surface area contributed by atoms with Crippen LogP contribution in [0.5, 0.6) is 0 Å². The molecule has 1 saturated carbocycles. The molecule has 1 aliphatic carbocycles. The van der Waals surface area contributed by atoms with Crippen LogP contribution in [-0.2, 0) is 20.9 Å². The van der Waals surface area contributed by atoms with Gasteiger partial charge >= 0.3 is 6.09 Å². The number of alkyl carbamates (subject to hydrolysis) is 1. The molecule has 3 amide bonds. The molecule has 1 aliphatic rings. The molecule has 0 aromatic heterocycles. The number of ether oxygens (including phenoxy) is 1. The van der Waals surface area contributed by atoms with Crippen molar-refractivity contribution >= 4 is 17.9 Å². The van der Waals surface area contributed by atoms with E-state index in [4.69, 9.17) is 4.74 Å². The van der Waals surface area contributed by atoms with Crippen LogP contribution >= 0.6 is 0 Å². The van der Waals surface area contributed by atoms with Crippen LogP contribution in [0.1, 0.15) is 62.4 Å². The Balaban J connectivity index is 1.98. The van der Waals surface area contributed by atoms with E-state index in [9.17, 15) is 19.5 Å². The molecular formula is C29H39N3O5. The predicted molar refractivity (Wildman–Crippen MR) is 142 cm³/mol. The summed E-state index contributed by atoms with van der Waals surface area (Å²) >= 11 is 0. The van der Waals surface area contributed by atoms with Crippen molar-refractivity contribution < 1.29 is 24.2 Å². The second kappa shape index (κ2) is 11.8. The number of hydrogen-bond acceptors (Lipinski definition) is 5. The summed E-state index contributed by atoms with van der Waals surface area (Å²) in [6.07, 6.45) is -0.0789. The summed E-state index contributed by atoms with van der Waals surface area (Å²) in [5.74, 6) is -0.661. The van der Waals surface area contributed by atoms with E-state index in [-0.39, 0.29) is 17.9 Å². The van der Waals surface area contributed by atoms with Gasteiger partial charge in [-0.05, 0) is 69.2 Å². The number of carbonyl (C=O) groups excluding carboxylic acids is 3. The zero-order valence-corrected chi connectivity index (χ0v) is 22.6. The fraction of sp³-hybridized carbons (Fsp3) is 0.483. The van der Waals surface area contributed by atoms with Crippen molar-refractivity contribution in [2.24, 2.45) is 5.92 Å². The van der Waals surface area contributed by atoms with Gasteiger partial charge < -0.3 is 25.4 Å². The van der Waals surface area contributed by atoms with Crippen molar-refractivity contribution in [3.05, 3.63) is 70.8 Å². The third-order valence-corrected chi connectivity index (χ3v) is 6.50. The molecule has 0 aliphatic heterocycles. The molecule has 0 spiro atoms. The van der Waals surface area contributed by atoms with Crippen LogP contribution in [0.3, 0.4) is 0 Å². The number of hydrogen-bond donors (Lipinski definition) is 3. The molecule has 0 heterocycles. The number of amides is 3. The maximum Gasteiger partial charge on any atom is 0.408 e. The lowest BCUT2D eigenvalue weighted by Crippen LogP contribution is -2.55. The van der Waals surface area contributed by atoms with Gasteiger partial charge in [-0.2, -0.15) is 0 Å². The molecule has 3 rings (SSSR count). The van der Waals surface area contributed by atoms with E-state index in [0.717, 1.165) is 28.7 Å². The highest BCUT2D eigenvalue weighted by Crippen LogP contribution is 2.42. The van der Waals surface area contributed by atoms with Gasteiger partial charge in [0.2, 0.25) is 11.8 Å². The zero-order valence-electron chi connectivity index (χ0n) is 22.6. The average Bonchev–Trinajstić information content (AvgIpc) is 3.55. The van der Waals surface area contributed by atoms with Gasteiger partial charge in [0, 0.05) is 12.6 Å². The molecule has 200 valence electrons. The molecule has 0 radical (unpaired) electrons. The van der Waals surface area contributed by atoms with Gasteiger partial charge in [-0.15, -0.1) is 0 Å². The predicted octanol–water partition coefficient (Wildman–Crippen LogP) is 3.78. The van der Waals surface area contributed by atoms with Crippen molar-refractivity contribution in [3.8, 4) is 0 Å². The third kappa shape index (κ3) is 7.32. The Morgan fingerprint density at radius 3 is 2.16 bits per heavy atom. The number of nitrogens with zero attached hydrogens (tertiary/aromatic N) is 1. The maximum absolute atomic E-state index is 13.9. The molecule has 37 heavy (non-hydrogen) atoms. The number of rotatable bonds is 9. The van der Waals surface area contributed by atoms with E-state index in [1.54, 1.807) is 25.7 Å². The van der Waals surface area contributed by atoms with Gasteiger partial charge in [-0.1, -0.05) is 55.5 Å². The Labute approximate surface area is 219 Å². The monoisotopic (exact) mass is 509 g/mol. The van der Waals surface area contributed by atoms with Gasteiger partial charge in [0.15, 0.2) is 0 Å². The molecule has 8 heteroatoms. The van der Waals surface area contributed by atoms with Crippen LogP contribution in [0.15, 0.2) is 48.5 Å². The van der Waals surface area contributed by atoms with E-state index < -0.39 is 36.3 Å². The lowest BCUT2D eigenvalue weighted by molar-refractivity contribution is -0.144. The molecule has 2 aromatic rings. The quantitative estimate of drug-likeness (QED) is 0.477. The Kier molecular flexibility index (Phi) is 8.97. The minimum Gasteiger partial charge on any atom is -0.444 e. The molecule has 8 nitrogen and oxygen atoms in total. The molecule has 2 aromatic carbocycles. The SMILES string of the molecule is Cc1cccc(C)c1C(C(=O)NCc1ccccc1)N(C(=O)C(CO)NC(=O)OC(C)(C)C)C1CC1C. The Bertz CT molecular complexity index is 1090. The van der Waals surface area contributed by atoms with E-state index in [1.165, 1.54) is 0 Å². The van der Waals surface area contributed by atoms with Crippen molar-refractivity contribution in [2.75, 3.05) is 6.61 Å². The first-order chi connectivity index (χ1) is 17.4. The van der Waals surface area contributed by atoms with Crippen molar-refractivity contribution in [1.29, 1.82) is 0 Å². The first-order valence-corrected chi connectivity index (χ1v) is 12.7. The van der Waals surface area contributed by atoms with Crippen LogP contribution in [0, 0.1) is 19.8 Å². The highest BCUT2D eigenvalue weighted by atomic mass is 16.6. The average molecular weight is 510 g/mol. The van der Waals surface area contributed by atoms with Crippen LogP contribution in [0.4, 0.5) is 4.79 Å². The first-order valence-electron chi connectivity index (χ1n) is 12.7. The minimum atomic E-state index is -1.25. The normalized spacial score (nSPS) is 18.4. The highest BCUT2D eigenvalue weighted by Gasteiger charge is 2.48. The molecule has 4 unspecified atom stereocenters. The van der Waals surface area contributed by atoms with Gasteiger partial charge in [0.1, 0.15) is 17.7 Å². The summed E-state index contributed by atoms with van der Waals surface area (Å²) in [5.41, 5.74) is 2.68. The van der Waals surface area contributed by atoms with Crippen LogP contribution in [-0.4, -0.2) is 52.2 Å². The summed E-state index contributed by atoms with van der Waals surface area (Å²) < 4.78 is 5.30. The summed E-state index contributed by atoms with van der Waals surface area (Å²) in [6, 6.07) is 12.9. The topological polar surface area (TPSA) is 108 Å². The third-order valence-electron chi connectivity index (χ3n) is 6.50.